The third-order valence-corrected chi connectivity index (χ3v) is 3.79. The van der Waals surface area contributed by atoms with Crippen molar-refractivity contribution in [2.24, 2.45) is 0 Å². The Bertz CT molecular complexity index is 580. The molecule has 1 fully saturated rings. The maximum Gasteiger partial charge on any atom is 0.254 e. The van der Waals surface area contributed by atoms with Crippen molar-refractivity contribution in [1.82, 2.24) is 9.80 Å². The van der Waals surface area contributed by atoms with E-state index in [4.69, 9.17) is 9.47 Å². The summed E-state index contributed by atoms with van der Waals surface area (Å²) in [7, 11) is 6.44. The second kappa shape index (κ2) is 6.68. The van der Waals surface area contributed by atoms with Crippen molar-refractivity contribution in [3.05, 3.63) is 23.3 Å². The van der Waals surface area contributed by atoms with Crippen LogP contribution in [0.2, 0.25) is 0 Å². The van der Waals surface area contributed by atoms with Crippen LogP contribution in [-0.4, -0.2) is 63.0 Å². The number of hydrogen-bond donors (Lipinski definition) is 0. The quantitative estimate of drug-likeness (QED) is 0.819. The Morgan fingerprint density at radius 1 is 1.18 bits per heavy atom. The molecule has 1 aliphatic rings. The number of nitrogens with zero attached hydrogens (tertiary/aromatic N) is 2. The molecular weight excluding hydrogens is 284 g/mol. The number of amides is 2. The van der Waals surface area contributed by atoms with E-state index in [9.17, 15) is 9.59 Å². The molecule has 1 aromatic rings. The summed E-state index contributed by atoms with van der Waals surface area (Å²) in [6.07, 6.45) is 1.19. The fourth-order valence-electron chi connectivity index (χ4n) is 2.32. The number of rotatable bonds is 5. The van der Waals surface area contributed by atoms with Crippen molar-refractivity contribution >= 4 is 11.8 Å². The highest BCUT2D eigenvalue weighted by atomic mass is 16.5. The molecule has 22 heavy (non-hydrogen) atoms. The molecule has 1 saturated heterocycles. The zero-order chi connectivity index (χ0) is 16.3. The van der Waals surface area contributed by atoms with Gasteiger partial charge in [-0.1, -0.05) is 0 Å². The zero-order valence-electron chi connectivity index (χ0n) is 13.5. The van der Waals surface area contributed by atoms with Crippen LogP contribution in [0, 0.1) is 0 Å². The molecule has 0 aliphatic carbocycles. The second-order valence-corrected chi connectivity index (χ2v) is 5.48. The molecule has 0 unspecified atom stereocenters. The van der Waals surface area contributed by atoms with Crippen LogP contribution in [0.4, 0.5) is 0 Å². The molecule has 0 atom stereocenters. The van der Waals surface area contributed by atoms with Gasteiger partial charge in [0.2, 0.25) is 5.91 Å². The van der Waals surface area contributed by atoms with E-state index in [1.165, 1.54) is 19.1 Å². The molecular formula is C16H22N2O4. The van der Waals surface area contributed by atoms with Crippen LogP contribution < -0.4 is 9.47 Å². The molecule has 6 heteroatoms. The molecule has 1 aromatic carbocycles. The summed E-state index contributed by atoms with van der Waals surface area (Å²) in [5, 5.41) is 0. The van der Waals surface area contributed by atoms with E-state index in [0.717, 1.165) is 19.5 Å². The lowest BCUT2D eigenvalue weighted by molar-refractivity contribution is -0.127. The van der Waals surface area contributed by atoms with Crippen LogP contribution in [0.25, 0.3) is 0 Å². The van der Waals surface area contributed by atoms with Crippen molar-refractivity contribution < 1.29 is 19.1 Å². The summed E-state index contributed by atoms with van der Waals surface area (Å²) in [4.78, 5) is 27.7. The Kier molecular flexibility index (Phi) is 4.90. The van der Waals surface area contributed by atoms with Gasteiger partial charge < -0.3 is 19.3 Å². The molecule has 2 rings (SSSR count). The standard InChI is InChI=1S/C16H22N2O4/c1-17(2)14(19)10-11-8-12(16(20)18-6-5-7-18)9-13(21-3)15(11)22-4/h8-9H,5-7,10H2,1-4H3. The average molecular weight is 306 g/mol. The zero-order valence-corrected chi connectivity index (χ0v) is 13.5. The SMILES string of the molecule is COc1cc(C(=O)N2CCC2)cc(CC(=O)N(C)C)c1OC. The van der Waals surface area contributed by atoms with Crippen LogP contribution in [0.1, 0.15) is 22.3 Å². The van der Waals surface area contributed by atoms with E-state index in [0.29, 0.717) is 22.6 Å². The lowest BCUT2D eigenvalue weighted by Crippen LogP contribution is -2.42. The minimum Gasteiger partial charge on any atom is -0.493 e. The average Bonchev–Trinajstić information content (AvgIpc) is 2.44. The topological polar surface area (TPSA) is 59.1 Å². The minimum absolute atomic E-state index is 0.0363. The van der Waals surface area contributed by atoms with E-state index in [1.54, 1.807) is 31.1 Å². The number of hydrogen-bond acceptors (Lipinski definition) is 4. The summed E-state index contributed by atoms with van der Waals surface area (Å²) in [5.74, 6) is 0.868. The molecule has 0 N–H and O–H groups in total. The number of carbonyl (C=O) groups excluding carboxylic acids is 2. The summed E-state index contributed by atoms with van der Waals surface area (Å²) < 4.78 is 10.7. The van der Waals surface area contributed by atoms with Crippen molar-refractivity contribution in [1.29, 1.82) is 0 Å². The van der Waals surface area contributed by atoms with Gasteiger partial charge in [0.25, 0.3) is 5.91 Å². The van der Waals surface area contributed by atoms with E-state index < -0.39 is 0 Å². The highest BCUT2D eigenvalue weighted by molar-refractivity contribution is 5.96. The van der Waals surface area contributed by atoms with Gasteiger partial charge in [-0.2, -0.15) is 0 Å². The lowest BCUT2D eigenvalue weighted by atomic mass is 10.0. The fraction of sp³-hybridized carbons (Fsp3) is 0.500. The molecule has 2 amide bonds. The monoisotopic (exact) mass is 306 g/mol. The molecule has 1 heterocycles. The third kappa shape index (κ3) is 3.16. The van der Waals surface area contributed by atoms with Crippen LogP contribution in [-0.2, 0) is 11.2 Å². The lowest BCUT2D eigenvalue weighted by Gasteiger charge is -2.31. The van der Waals surface area contributed by atoms with E-state index >= 15 is 0 Å². The summed E-state index contributed by atoms with van der Waals surface area (Å²) >= 11 is 0. The molecule has 120 valence electrons. The van der Waals surface area contributed by atoms with Gasteiger partial charge in [-0.05, 0) is 18.6 Å². The Morgan fingerprint density at radius 2 is 1.86 bits per heavy atom. The second-order valence-electron chi connectivity index (χ2n) is 5.48. The largest absolute Gasteiger partial charge is 0.493 e. The first-order chi connectivity index (χ1) is 10.5. The number of likely N-dealkylation sites (tertiary alicyclic amines) is 1. The molecule has 0 radical (unpaired) electrons. The Labute approximate surface area is 130 Å². The number of ether oxygens (including phenoxy) is 2. The molecule has 1 aliphatic heterocycles. The highest BCUT2D eigenvalue weighted by Crippen LogP contribution is 2.34. The van der Waals surface area contributed by atoms with E-state index in [2.05, 4.69) is 0 Å². The summed E-state index contributed by atoms with van der Waals surface area (Å²) in [6, 6.07) is 3.40. The predicted molar refractivity (Wildman–Crippen MR) is 82.5 cm³/mol. The van der Waals surface area contributed by atoms with Gasteiger partial charge in [0.05, 0.1) is 20.6 Å². The maximum absolute atomic E-state index is 12.4. The van der Waals surface area contributed by atoms with Crippen LogP contribution in [0.5, 0.6) is 11.5 Å². The molecule has 6 nitrogen and oxygen atoms in total. The Balaban J connectivity index is 2.39. The number of benzene rings is 1. The first-order valence-corrected chi connectivity index (χ1v) is 7.22. The predicted octanol–water partition coefficient (Wildman–Crippen LogP) is 1.18. The first kappa shape index (κ1) is 16.1. The summed E-state index contributed by atoms with van der Waals surface area (Å²) in [5.41, 5.74) is 1.18. The maximum atomic E-state index is 12.4. The van der Waals surface area contributed by atoms with Gasteiger partial charge >= 0.3 is 0 Å². The first-order valence-electron chi connectivity index (χ1n) is 7.22. The smallest absolute Gasteiger partial charge is 0.254 e. The normalized spacial score (nSPS) is 13.4. The van der Waals surface area contributed by atoms with E-state index in [1.807, 2.05) is 0 Å². The van der Waals surface area contributed by atoms with E-state index in [-0.39, 0.29) is 18.2 Å². The minimum atomic E-state index is -0.0612. The van der Waals surface area contributed by atoms with Crippen molar-refractivity contribution in [2.45, 2.75) is 12.8 Å². The molecule has 0 spiro atoms. The van der Waals surface area contributed by atoms with Crippen molar-refractivity contribution in [2.75, 3.05) is 41.4 Å². The van der Waals surface area contributed by atoms with Crippen LogP contribution in [0.15, 0.2) is 12.1 Å². The molecule has 0 aromatic heterocycles. The van der Waals surface area contributed by atoms with Gasteiger partial charge in [0.15, 0.2) is 11.5 Å². The summed E-state index contributed by atoms with van der Waals surface area (Å²) in [6.45, 7) is 1.55. The van der Waals surface area contributed by atoms with Gasteiger partial charge in [0.1, 0.15) is 0 Å². The molecule has 0 bridgehead atoms. The van der Waals surface area contributed by atoms with Gasteiger partial charge in [-0.25, -0.2) is 0 Å². The van der Waals surface area contributed by atoms with Gasteiger partial charge in [-0.15, -0.1) is 0 Å². The fourth-order valence-corrected chi connectivity index (χ4v) is 2.32. The third-order valence-electron chi connectivity index (χ3n) is 3.79. The van der Waals surface area contributed by atoms with Gasteiger partial charge in [0, 0.05) is 38.3 Å². The Morgan fingerprint density at radius 3 is 2.32 bits per heavy atom. The number of likely N-dealkylation sites (N-methyl/N-ethyl adjacent to an activating group) is 1. The highest BCUT2D eigenvalue weighted by Gasteiger charge is 2.25. The van der Waals surface area contributed by atoms with Crippen LogP contribution in [0.3, 0.4) is 0 Å². The number of methoxy groups -OCH3 is 2. The van der Waals surface area contributed by atoms with Crippen molar-refractivity contribution in [3.63, 3.8) is 0 Å². The Hall–Kier alpha value is -2.24. The number of carbonyl (C=O) groups is 2. The van der Waals surface area contributed by atoms with Crippen LogP contribution >= 0.6 is 0 Å². The molecule has 0 saturated carbocycles. The van der Waals surface area contributed by atoms with Crippen molar-refractivity contribution in [3.8, 4) is 11.5 Å². The van der Waals surface area contributed by atoms with Gasteiger partial charge in [-0.3, -0.25) is 9.59 Å².